The lowest BCUT2D eigenvalue weighted by atomic mass is 9.80. The molecule has 3 aromatic carbocycles. The average Bonchev–Trinajstić information content (AvgIpc) is 2.87. The predicted octanol–water partition coefficient (Wildman–Crippen LogP) is 6.26. The lowest BCUT2D eigenvalue weighted by Gasteiger charge is -2.36. The van der Waals surface area contributed by atoms with Gasteiger partial charge in [-0.2, -0.15) is 0 Å². The molecule has 0 aliphatic carbocycles. The van der Waals surface area contributed by atoms with E-state index in [2.05, 4.69) is 17.1 Å². The van der Waals surface area contributed by atoms with Gasteiger partial charge in [0, 0.05) is 6.20 Å². The molecule has 0 saturated carbocycles. The van der Waals surface area contributed by atoms with Gasteiger partial charge in [-0.25, -0.2) is 4.98 Å². The average molecular weight is 446 g/mol. The Labute approximate surface area is 193 Å². The van der Waals surface area contributed by atoms with E-state index in [0.717, 1.165) is 33.8 Å². The van der Waals surface area contributed by atoms with Crippen LogP contribution in [0.3, 0.4) is 0 Å². The van der Waals surface area contributed by atoms with Crippen molar-refractivity contribution in [2.24, 2.45) is 0 Å². The number of aromatic nitrogens is 1. The van der Waals surface area contributed by atoms with Crippen molar-refractivity contribution in [3.63, 3.8) is 0 Å². The number of rotatable bonds is 8. The number of nitrogens with zero attached hydrogens (tertiary/aromatic N) is 1. The molecule has 0 aliphatic heterocycles. The predicted molar refractivity (Wildman–Crippen MR) is 126 cm³/mol. The van der Waals surface area contributed by atoms with E-state index in [1.165, 1.54) is 0 Å². The minimum atomic E-state index is -0.862. The summed E-state index contributed by atoms with van der Waals surface area (Å²) in [5, 5.41) is 0.452. The fourth-order valence-corrected chi connectivity index (χ4v) is 3.87. The number of hydrogen-bond donors (Lipinski definition) is 0. The first-order chi connectivity index (χ1) is 15.7. The summed E-state index contributed by atoms with van der Waals surface area (Å²) in [7, 11) is 3.32. The van der Waals surface area contributed by atoms with Gasteiger partial charge < -0.3 is 14.2 Å². The highest BCUT2D eigenvalue weighted by Gasteiger charge is 2.37. The molecule has 5 heteroatoms. The van der Waals surface area contributed by atoms with Crippen LogP contribution in [0, 0.1) is 0 Å². The summed E-state index contributed by atoms with van der Waals surface area (Å²) in [6, 6.07) is 29.8. The van der Waals surface area contributed by atoms with Crippen molar-refractivity contribution in [1.82, 2.24) is 4.98 Å². The van der Waals surface area contributed by atoms with Crippen molar-refractivity contribution in [3.05, 3.63) is 125 Å². The largest absolute Gasteiger partial charge is 0.497 e. The highest BCUT2D eigenvalue weighted by Crippen LogP contribution is 2.42. The van der Waals surface area contributed by atoms with Crippen molar-refractivity contribution in [1.29, 1.82) is 0 Å². The molecule has 0 N–H and O–H groups in total. The molecular weight excluding hydrogens is 422 g/mol. The molecule has 1 aromatic heterocycles. The van der Waals surface area contributed by atoms with Gasteiger partial charge in [-0.3, -0.25) is 0 Å². The van der Waals surface area contributed by atoms with E-state index in [-0.39, 0.29) is 0 Å². The van der Waals surface area contributed by atoms with Gasteiger partial charge in [0.1, 0.15) is 22.3 Å². The summed E-state index contributed by atoms with van der Waals surface area (Å²) in [5.74, 6) is 1.57. The second-order valence-electron chi connectivity index (χ2n) is 7.28. The molecule has 1 heterocycles. The Bertz CT molecular complexity index is 1080. The summed E-state index contributed by atoms with van der Waals surface area (Å²) in [5.41, 5.74) is 3.04. The molecule has 0 spiro atoms. The standard InChI is InChI=1S/C27H24ClNO3/c1-30-24-13-9-22(10-14-24)27(21-6-4-3-5-7-21,23-11-15-25(31-2)16-12-23)32-19-20-8-17-26(28)29-18-20/h3-18H,19H2,1-2H3. The van der Waals surface area contributed by atoms with E-state index < -0.39 is 5.60 Å². The van der Waals surface area contributed by atoms with Crippen molar-refractivity contribution < 1.29 is 14.2 Å². The van der Waals surface area contributed by atoms with Crippen LogP contribution in [0.1, 0.15) is 22.3 Å². The summed E-state index contributed by atoms with van der Waals surface area (Å²) >= 11 is 5.97. The van der Waals surface area contributed by atoms with Gasteiger partial charge in [0.05, 0.1) is 20.8 Å². The molecular formula is C27H24ClNO3. The molecule has 4 nitrogen and oxygen atoms in total. The number of pyridine rings is 1. The monoisotopic (exact) mass is 445 g/mol. The van der Waals surface area contributed by atoms with E-state index in [1.807, 2.05) is 72.8 Å². The van der Waals surface area contributed by atoms with Crippen molar-refractivity contribution in [3.8, 4) is 11.5 Å². The molecule has 32 heavy (non-hydrogen) atoms. The number of methoxy groups -OCH3 is 2. The smallest absolute Gasteiger partial charge is 0.144 e. The van der Waals surface area contributed by atoms with E-state index in [9.17, 15) is 0 Å². The molecule has 4 aromatic rings. The Morgan fingerprint density at radius 1 is 0.688 bits per heavy atom. The maximum absolute atomic E-state index is 6.80. The fraction of sp³-hybridized carbons (Fsp3) is 0.148. The van der Waals surface area contributed by atoms with Crippen LogP contribution in [0.4, 0.5) is 0 Å². The highest BCUT2D eigenvalue weighted by molar-refractivity contribution is 6.29. The first-order valence-corrected chi connectivity index (χ1v) is 10.6. The second kappa shape index (κ2) is 9.86. The van der Waals surface area contributed by atoms with Gasteiger partial charge in [-0.1, -0.05) is 72.3 Å². The van der Waals surface area contributed by atoms with Crippen molar-refractivity contribution >= 4 is 11.6 Å². The second-order valence-corrected chi connectivity index (χ2v) is 7.67. The zero-order valence-corrected chi connectivity index (χ0v) is 18.8. The van der Waals surface area contributed by atoms with Gasteiger partial charge in [0.25, 0.3) is 0 Å². The van der Waals surface area contributed by atoms with Gasteiger partial charge >= 0.3 is 0 Å². The maximum Gasteiger partial charge on any atom is 0.144 e. The van der Waals surface area contributed by atoms with Crippen LogP contribution in [-0.2, 0) is 16.9 Å². The number of hydrogen-bond acceptors (Lipinski definition) is 4. The van der Waals surface area contributed by atoms with Gasteiger partial charge in [0.15, 0.2) is 0 Å². The SMILES string of the molecule is COc1ccc(C(OCc2ccc(Cl)nc2)(c2ccccc2)c2ccc(OC)cc2)cc1. The molecule has 0 unspecified atom stereocenters. The normalized spacial score (nSPS) is 11.2. The van der Waals surface area contributed by atoms with Crippen LogP contribution in [0.5, 0.6) is 11.5 Å². The molecule has 0 amide bonds. The highest BCUT2D eigenvalue weighted by atomic mass is 35.5. The van der Waals surface area contributed by atoms with Gasteiger partial charge in [-0.05, 0) is 52.6 Å². The number of ether oxygens (including phenoxy) is 3. The molecule has 0 aliphatic rings. The van der Waals surface area contributed by atoms with E-state index in [0.29, 0.717) is 11.8 Å². The molecule has 162 valence electrons. The molecule has 0 saturated heterocycles. The van der Waals surface area contributed by atoms with Crippen LogP contribution < -0.4 is 9.47 Å². The molecule has 0 fully saturated rings. The Morgan fingerprint density at radius 2 is 1.22 bits per heavy atom. The Morgan fingerprint density at radius 3 is 1.69 bits per heavy atom. The van der Waals surface area contributed by atoms with Gasteiger partial charge in [0.2, 0.25) is 0 Å². The first-order valence-electron chi connectivity index (χ1n) is 10.2. The molecule has 0 atom stereocenters. The third-order valence-corrected chi connectivity index (χ3v) is 5.64. The summed E-state index contributed by atoms with van der Waals surface area (Å²) in [6.45, 7) is 0.344. The van der Waals surface area contributed by atoms with Crippen LogP contribution >= 0.6 is 11.6 Å². The lowest BCUT2D eigenvalue weighted by molar-refractivity contribution is 0.0000730. The van der Waals surface area contributed by atoms with E-state index in [4.69, 9.17) is 25.8 Å². The topological polar surface area (TPSA) is 40.6 Å². The maximum atomic E-state index is 6.80. The third kappa shape index (κ3) is 4.47. The molecule has 4 rings (SSSR count). The minimum Gasteiger partial charge on any atom is -0.497 e. The Balaban J connectivity index is 1.88. The Kier molecular flexibility index (Phi) is 6.74. The van der Waals surface area contributed by atoms with Crippen molar-refractivity contribution in [2.45, 2.75) is 12.2 Å². The third-order valence-electron chi connectivity index (χ3n) is 5.42. The quantitative estimate of drug-likeness (QED) is 0.237. The zero-order chi connectivity index (χ0) is 22.4. The van der Waals surface area contributed by atoms with Crippen LogP contribution in [0.2, 0.25) is 5.15 Å². The van der Waals surface area contributed by atoms with Crippen molar-refractivity contribution in [2.75, 3.05) is 14.2 Å². The number of halogens is 1. The van der Waals surface area contributed by atoms with Gasteiger partial charge in [-0.15, -0.1) is 0 Å². The summed E-state index contributed by atoms with van der Waals surface area (Å²) in [4.78, 5) is 4.20. The van der Waals surface area contributed by atoms with Crippen LogP contribution in [0.15, 0.2) is 97.2 Å². The summed E-state index contributed by atoms with van der Waals surface area (Å²) in [6.07, 6.45) is 1.74. The van der Waals surface area contributed by atoms with Crippen LogP contribution in [-0.4, -0.2) is 19.2 Å². The lowest BCUT2D eigenvalue weighted by Crippen LogP contribution is -2.32. The molecule has 0 bridgehead atoms. The minimum absolute atomic E-state index is 0.344. The Hall–Kier alpha value is -3.34. The van der Waals surface area contributed by atoms with E-state index in [1.54, 1.807) is 26.5 Å². The fourth-order valence-electron chi connectivity index (χ4n) is 3.76. The van der Waals surface area contributed by atoms with Crippen LogP contribution in [0.25, 0.3) is 0 Å². The number of benzene rings is 3. The molecule has 0 radical (unpaired) electrons. The van der Waals surface area contributed by atoms with E-state index >= 15 is 0 Å². The summed E-state index contributed by atoms with van der Waals surface area (Å²) < 4.78 is 17.6. The first kappa shape index (κ1) is 21.9. The zero-order valence-electron chi connectivity index (χ0n) is 18.0.